The molecule has 3 atom stereocenters. The van der Waals surface area contributed by atoms with Crippen molar-refractivity contribution in [2.24, 2.45) is 5.73 Å². The van der Waals surface area contributed by atoms with Gasteiger partial charge in [0.05, 0.1) is 25.4 Å². The zero-order valence-electron chi connectivity index (χ0n) is 38.6. The Kier molecular flexibility index (Phi) is 45.2. The molecule has 0 bridgehead atoms. The van der Waals surface area contributed by atoms with Crippen molar-refractivity contribution in [3.8, 4) is 0 Å². The van der Waals surface area contributed by atoms with Gasteiger partial charge in [0.25, 0.3) is 0 Å². The minimum atomic E-state index is -4.32. The van der Waals surface area contributed by atoms with Gasteiger partial charge in [0.15, 0.2) is 0 Å². The first-order valence-electron chi connectivity index (χ1n) is 25.3. The molecule has 8 nitrogen and oxygen atoms in total. The zero-order valence-corrected chi connectivity index (χ0v) is 39.5. The van der Waals surface area contributed by atoms with E-state index in [-0.39, 0.29) is 25.7 Å². The van der Waals surface area contributed by atoms with Gasteiger partial charge in [-0.3, -0.25) is 13.8 Å². The number of allylic oxidation sites excluding steroid dienone is 2. The van der Waals surface area contributed by atoms with Crippen LogP contribution in [0.3, 0.4) is 0 Å². The number of aliphatic hydroxyl groups excluding tert-OH is 1. The first kappa shape index (κ1) is 57.2. The van der Waals surface area contributed by atoms with E-state index >= 15 is 0 Å². The van der Waals surface area contributed by atoms with Crippen molar-refractivity contribution < 1.29 is 28.4 Å². The van der Waals surface area contributed by atoms with Gasteiger partial charge in [0, 0.05) is 13.0 Å². The summed E-state index contributed by atoms with van der Waals surface area (Å²) in [5.41, 5.74) is 5.40. The number of phosphoric acid groups is 1. The molecule has 0 spiro atoms. The SMILES string of the molecule is CCCCCCCCCC/C=C\CCCCCCCCCCCCCC(=O)NC(COP(=O)(O)OCCN)C(O)CCCCCCCCCCCCCCCCCC. The summed E-state index contributed by atoms with van der Waals surface area (Å²) < 4.78 is 22.3. The second-order valence-corrected chi connectivity index (χ2v) is 18.8. The van der Waals surface area contributed by atoms with Crippen molar-refractivity contribution in [2.75, 3.05) is 19.8 Å². The highest BCUT2D eigenvalue weighted by molar-refractivity contribution is 7.47. The van der Waals surface area contributed by atoms with Crippen molar-refractivity contribution in [3.63, 3.8) is 0 Å². The average Bonchev–Trinajstić information content (AvgIpc) is 3.21. The van der Waals surface area contributed by atoms with E-state index in [0.717, 1.165) is 38.5 Å². The highest BCUT2D eigenvalue weighted by Crippen LogP contribution is 2.43. The van der Waals surface area contributed by atoms with E-state index in [9.17, 15) is 19.4 Å². The van der Waals surface area contributed by atoms with Crippen molar-refractivity contribution >= 4 is 13.7 Å². The van der Waals surface area contributed by atoms with Crippen LogP contribution in [0.4, 0.5) is 0 Å². The quantitative estimate of drug-likeness (QED) is 0.0272. The third kappa shape index (κ3) is 43.3. The Bertz CT molecular complexity index is 922. The second-order valence-electron chi connectivity index (χ2n) is 17.4. The molecule has 0 aliphatic carbocycles. The third-order valence-electron chi connectivity index (χ3n) is 11.6. The highest BCUT2D eigenvalue weighted by atomic mass is 31.2. The lowest BCUT2D eigenvalue weighted by atomic mass is 10.0. The molecule has 0 heterocycles. The number of aliphatic hydroxyl groups is 1. The molecule has 58 heavy (non-hydrogen) atoms. The Balaban J connectivity index is 4.01. The van der Waals surface area contributed by atoms with Gasteiger partial charge >= 0.3 is 7.82 Å². The molecule has 0 aromatic heterocycles. The Hall–Kier alpha value is -0.760. The molecular weight excluding hydrogens is 744 g/mol. The molecule has 0 rings (SSSR count). The number of phosphoric ester groups is 1. The maximum atomic E-state index is 12.8. The first-order chi connectivity index (χ1) is 28.4. The summed E-state index contributed by atoms with van der Waals surface area (Å²) in [7, 11) is -4.32. The number of hydrogen-bond acceptors (Lipinski definition) is 6. The van der Waals surface area contributed by atoms with Crippen LogP contribution >= 0.6 is 7.82 Å². The van der Waals surface area contributed by atoms with E-state index < -0.39 is 20.0 Å². The third-order valence-corrected chi connectivity index (χ3v) is 12.6. The molecule has 0 saturated carbocycles. The molecule has 0 radical (unpaired) electrons. The molecule has 5 N–H and O–H groups in total. The predicted octanol–water partition coefficient (Wildman–Crippen LogP) is 14.7. The van der Waals surface area contributed by atoms with Crippen LogP contribution in [0.25, 0.3) is 0 Å². The summed E-state index contributed by atoms with van der Waals surface area (Å²) in [4.78, 5) is 22.8. The van der Waals surface area contributed by atoms with E-state index in [1.165, 1.54) is 199 Å². The Morgan fingerprint density at radius 3 is 1.28 bits per heavy atom. The summed E-state index contributed by atoms with van der Waals surface area (Å²) in [6.07, 6.45) is 52.3. The molecular formula is C49H99N2O6P. The number of carbonyl (C=O) groups is 1. The van der Waals surface area contributed by atoms with Crippen LogP contribution in [0.5, 0.6) is 0 Å². The van der Waals surface area contributed by atoms with Gasteiger partial charge in [0.1, 0.15) is 0 Å². The van der Waals surface area contributed by atoms with E-state index in [0.29, 0.717) is 12.8 Å². The summed E-state index contributed by atoms with van der Waals surface area (Å²) in [6.45, 7) is 4.24. The molecule has 0 fully saturated rings. The lowest BCUT2D eigenvalue weighted by Crippen LogP contribution is -2.46. The number of nitrogens with one attached hydrogen (secondary N) is 1. The zero-order chi connectivity index (χ0) is 42.5. The first-order valence-corrected chi connectivity index (χ1v) is 26.8. The van der Waals surface area contributed by atoms with Gasteiger partial charge in [-0.2, -0.15) is 0 Å². The van der Waals surface area contributed by atoms with Crippen LogP contribution < -0.4 is 11.1 Å². The molecule has 346 valence electrons. The number of hydrogen-bond donors (Lipinski definition) is 4. The van der Waals surface area contributed by atoms with Gasteiger partial charge in [-0.1, -0.05) is 231 Å². The van der Waals surface area contributed by atoms with Crippen LogP contribution in [0, 0.1) is 0 Å². The van der Waals surface area contributed by atoms with Crippen LogP contribution in [-0.4, -0.2) is 47.8 Å². The minimum Gasteiger partial charge on any atom is -0.391 e. The number of unbranched alkanes of at least 4 members (excludes halogenated alkanes) is 34. The fourth-order valence-electron chi connectivity index (χ4n) is 7.78. The van der Waals surface area contributed by atoms with Gasteiger partial charge < -0.3 is 21.1 Å². The highest BCUT2D eigenvalue weighted by Gasteiger charge is 2.27. The Labute approximate surface area is 360 Å². The van der Waals surface area contributed by atoms with E-state index in [1.807, 2.05) is 0 Å². The van der Waals surface area contributed by atoms with E-state index in [1.54, 1.807) is 0 Å². The fraction of sp³-hybridized carbons (Fsp3) is 0.939. The van der Waals surface area contributed by atoms with Crippen molar-refractivity contribution in [3.05, 3.63) is 12.2 Å². The minimum absolute atomic E-state index is 0.0910. The molecule has 0 aromatic rings. The number of carbonyl (C=O) groups excluding carboxylic acids is 1. The molecule has 1 amide bonds. The monoisotopic (exact) mass is 843 g/mol. The standard InChI is InChI=1S/C49H99N2O6P/c1-3-5-7-9-11-13-15-17-19-21-22-23-24-25-26-27-29-31-33-35-37-39-41-43-49(53)51-47(46-57-58(54,55)56-45-44-50)48(52)42-40-38-36-34-32-30-28-20-18-16-14-12-10-8-6-4-2/h21-22,47-48,52H,3-20,23-46,50H2,1-2H3,(H,51,53)(H,54,55)/b22-21-. The van der Waals surface area contributed by atoms with Gasteiger partial charge in [-0.25, -0.2) is 4.57 Å². The Morgan fingerprint density at radius 2 is 0.897 bits per heavy atom. The lowest BCUT2D eigenvalue weighted by molar-refractivity contribution is -0.123. The summed E-state index contributed by atoms with van der Waals surface area (Å²) in [5, 5.41) is 13.9. The van der Waals surface area contributed by atoms with Crippen molar-refractivity contribution in [1.29, 1.82) is 0 Å². The van der Waals surface area contributed by atoms with Crippen molar-refractivity contribution in [1.82, 2.24) is 5.32 Å². The largest absolute Gasteiger partial charge is 0.472 e. The Morgan fingerprint density at radius 1 is 0.552 bits per heavy atom. The van der Waals surface area contributed by atoms with Crippen molar-refractivity contribution in [2.45, 2.75) is 276 Å². The number of rotatable bonds is 48. The van der Waals surface area contributed by atoms with Crippen LogP contribution in [0.2, 0.25) is 0 Å². The van der Waals surface area contributed by atoms with E-state index in [2.05, 4.69) is 31.3 Å². The molecule has 0 saturated heterocycles. The normalized spacial score (nSPS) is 13.9. The molecule has 0 aromatic carbocycles. The maximum absolute atomic E-state index is 12.8. The van der Waals surface area contributed by atoms with Gasteiger partial charge in [0.2, 0.25) is 5.91 Å². The summed E-state index contributed by atoms with van der Waals surface area (Å²) in [5.74, 6) is -0.158. The molecule has 0 aliphatic rings. The molecule has 0 aliphatic heterocycles. The topological polar surface area (TPSA) is 131 Å². The number of amides is 1. The fourth-order valence-corrected chi connectivity index (χ4v) is 8.54. The molecule has 3 unspecified atom stereocenters. The maximum Gasteiger partial charge on any atom is 0.472 e. The van der Waals surface area contributed by atoms with E-state index in [4.69, 9.17) is 14.8 Å². The smallest absolute Gasteiger partial charge is 0.391 e. The van der Waals surface area contributed by atoms with Crippen LogP contribution in [0.1, 0.15) is 264 Å². The van der Waals surface area contributed by atoms with Gasteiger partial charge in [-0.15, -0.1) is 0 Å². The summed E-state index contributed by atoms with van der Waals surface area (Å²) in [6, 6.07) is -0.771. The van der Waals surface area contributed by atoms with Crippen LogP contribution in [-0.2, 0) is 18.4 Å². The molecule has 9 heteroatoms. The lowest BCUT2D eigenvalue weighted by Gasteiger charge is -2.25. The van der Waals surface area contributed by atoms with Gasteiger partial charge in [-0.05, 0) is 38.5 Å². The second kappa shape index (κ2) is 45.8. The summed E-state index contributed by atoms with van der Waals surface area (Å²) >= 11 is 0. The number of nitrogens with two attached hydrogens (primary N) is 1. The average molecular weight is 843 g/mol. The predicted molar refractivity (Wildman–Crippen MR) is 249 cm³/mol. The van der Waals surface area contributed by atoms with Crippen LogP contribution in [0.15, 0.2) is 12.2 Å².